The minimum Gasteiger partial charge on any atom is -0.394 e. The molecule has 35 nitrogen and oxygen atoms in total. The Morgan fingerprint density at radius 3 is 0.500 bits per heavy atom. The third-order valence-electron chi connectivity index (χ3n) is 14.9. The van der Waals surface area contributed by atoms with Gasteiger partial charge in [0.2, 0.25) is 0 Å². The molecule has 35 atom stereocenters. The number of aliphatic hydroxyl groups excluding tert-OH is 20. The highest BCUT2D eigenvalue weighted by molar-refractivity contribution is 5.01. The maximum atomic E-state index is 11.5. The lowest BCUT2D eigenvalue weighted by Crippen LogP contribution is -2.68. The van der Waals surface area contributed by atoms with Crippen molar-refractivity contribution in [3.05, 3.63) is 0 Å². The van der Waals surface area contributed by atoms with Crippen molar-refractivity contribution in [2.45, 2.75) is 215 Å². The summed E-state index contributed by atoms with van der Waals surface area (Å²) in [5.41, 5.74) is 0. The second kappa shape index (κ2) is 26.7. The van der Waals surface area contributed by atoms with Gasteiger partial charge in [-0.05, 0) is 0 Å². The van der Waals surface area contributed by atoms with Crippen molar-refractivity contribution in [3.8, 4) is 0 Å². The molecule has 21 aliphatic heterocycles. The molecule has 0 unspecified atom stereocenters. The van der Waals surface area contributed by atoms with E-state index in [9.17, 15) is 102 Å². The van der Waals surface area contributed by atoms with Crippen molar-refractivity contribution in [1.82, 2.24) is 0 Å². The fraction of sp³-hybridized carbons (Fsp3) is 1.00. The third-order valence-corrected chi connectivity index (χ3v) is 14.9. The van der Waals surface area contributed by atoms with E-state index in [4.69, 9.17) is 71.1 Å². The topological polar surface area (TPSA) is 543 Å². The summed E-state index contributed by atoms with van der Waals surface area (Å²) in [7, 11) is 1.19. The lowest BCUT2D eigenvalue weighted by Gasteiger charge is -2.50. The summed E-state index contributed by atoms with van der Waals surface area (Å²) in [6, 6.07) is 0. The van der Waals surface area contributed by atoms with Gasteiger partial charge in [-0.25, -0.2) is 0 Å². The summed E-state index contributed by atoms with van der Waals surface area (Å²) in [6.45, 7) is -6.67. The molecule has 0 radical (unpaired) electrons. The zero-order valence-corrected chi connectivity index (χ0v) is 41.2. The Morgan fingerprint density at radius 2 is 0.359 bits per heavy atom. The highest BCUT2D eigenvalue weighted by Gasteiger charge is 2.59. The maximum Gasteiger partial charge on any atom is 0.187 e. The average Bonchev–Trinajstić information content (AvgIpc) is 3.43. The van der Waals surface area contributed by atoms with Crippen LogP contribution in [0.25, 0.3) is 0 Å². The van der Waals surface area contributed by atoms with E-state index in [0.29, 0.717) is 0 Å². The SMILES string of the molecule is COC[C@H]1O[C@@H]2O[C@H]3[C@H](O)[C@@H](O)[C@@H](O[C@H]4[C@H](O)[C@@H](O)[C@@H](O[C@H]5[C@H](O)[C@@H](O)[C@@H](O[C@H]6[C@H](O)[C@@H](O)[C@@H](O[C@H]7[C@H](O)[C@@H](O)[C@@H](O[C@H]8[C@H](O)[C@@H](O)[C@@H](O[C@H]1[C@H](O)[C@H]2O)O[C@@H]8CO)O[C@@H]7CO)O[C@@H]6CO)O[C@@H]5CO)O[C@@H]4CO)O[C@@H]3CO. The van der Waals surface area contributed by atoms with Crippen LogP contribution in [0.1, 0.15) is 0 Å². The molecule has 20 N–H and O–H groups in total. The molecule has 21 fully saturated rings. The minimum absolute atomic E-state index is 0.477. The summed E-state index contributed by atoms with van der Waals surface area (Å²) < 4.78 is 85.4. The molecule has 0 aromatic carbocycles. The first-order chi connectivity index (χ1) is 37.2. The van der Waals surface area contributed by atoms with E-state index in [-0.39, 0.29) is 0 Å². The number of methoxy groups -OCH3 is 1. The zero-order valence-electron chi connectivity index (χ0n) is 41.2. The molecule has 21 rings (SSSR count). The van der Waals surface area contributed by atoms with Crippen molar-refractivity contribution in [2.24, 2.45) is 0 Å². The van der Waals surface area contributed by atoms with Gasteiger partial charge in [0, 0.05) is 7.11 Å². The second-order valence-corrected chi connectivity index (χ2v) is 19.9. The van der Waals surface area contributed by atoms with Gasteiger partial charge >= 0.3 is 0 Å². The molecule has 0 aromatic rings. The quantitative estimate of drug-likeness (QED) is 0.107. The van der Waals surface area contributed by atoms with Crippen LogP contribution in [0.3, 0.4) is 0 Å². The van der Waals surface area contributed by atoms with Gasteiger partial charge in [0.1, 0.15) is 171 Å². The molecule has 21 heterocycles. The van der Waals surface area contributed by atoms with Gasteiger partial charge < -0.3 is 173 Å². The summed E-state index contributed by atoms with van der Waals surface area (Å²) in [4.78, 5) is 0. The molecule has 0 aromatic heterocycles. The lowest BCUT2D eigenvalue weighted by molar-refractivity contribution is -0.396. The summed E-state index contributed by atoms with van der Waals surface area (Å²) in [5, 5.41) is 221. The molecular weight excluding hydrogens is 1080 g/mol. The Morgan fingerprint density at radius 1 is 0.218 bits per heavy atom. The molecule has 14 bridgehead atoms. The van der Waals surface area contributed by atoms with Gasteiger partial charge in [-0.2, -0.15) is 0 Å². The number of aliphatic hydroxyl groups is 20. The van der Waals surface area contributed by atoms with Crippen LogP contribution in [0.5, 0.6) is 0 Å². The predicted octanol–water partition coefficient (Wildman–Crippen LogP) is -14.6. The van der Waals surface area contributed by atoms with Gasteiger partial charge in [0.25, 0.3) is 0 Å². The first-order valence-electron chi connectivity index (χ1n) is 25.0. The Bertz CT molecular complexity index is 1830. The van der Waals surface area contributed by atoms with Crippen molar-refractivity contribution in [2.75, 3.05) is 53.4 Å². The lowest BCUT2D eigenvalue weighted by atomic mass is 9.95. The van der Waals surface area contributed by atoms with E-state index < -0.39 is 261 Å². The van der Waals surface area contributed by atoms with Crippen LogP contribution in [0.15, 0.2) is 0 Å². The Kier molecular flexibility index (Phi) is 21.4. The maximum absolute atomic E-state index is 11.5. The van der Waals surface area contributed by atoms with Gasteiger partial charge in [-0.15, -0.1) is 0 Å². The molecule has 0 aliphatic carbocycles. The van der Waals surface area contributed by atoms with E-state index in [1.165, 1.54) is 7.11 Å². The first-order valence-corrected chi connectivity index (χ1v) is 25.0. The van der Waals surface area contributed by atoms with Crippen molar-refractivity contribution < 1.29 is 173 Å². The van der Waals surface area contributed by atoms with E-state index in [2.05, 4.69) is 0 Å². The van der Waals surface area contributed by atoms with E-state index in [0.717, 1.165) is 0 Å². The van der Waals surface area contributed by atoms with Crippen molar-refractivity contribution in [1.29, 1.82) is 0 Å². The molecule has 454 valence electrons. The van der Waals surface area contributed by atoms with Crippen LogP contribution >= 0.6 is 0 Å². The number of hydrogen-bond donors (Lipinski definition) is 20. The van der Waals surface area contributed by atoms with Gasteiger partial charge in [0.15, 0.2) is 44.0 Å². The molecule has 21 saturated heterocycles. The Balaban J connectivity index is 1.08. The number of hydrogen-bond acceptors (Lipinski definition) is 35. The standard InChI is InChI=1S/C43H72O35/c1-64-8-15-36-22(56)29(63)43(71-15)77-35-14(7-49)69-41(27(61)20(35)54)75-33-12(5-47)67-39(25(59)18(33)52)73-31-10(3-45)65-37(23(57)16(31)50)72-30-9(2-44)66-38(24(58)17(30)51)74-32-11(4-46)68-40(26(60)19(32)53)76-34-13(6-48)70-42(78-36)28(62)21(34)55/h9-63H,2-8H2,1H3/t9-,10-,11-,12-,13-,14-,15-,16-,17-,18-,19-,20-,21-,22-,23-,24-,25-,26-,27-,28-,29-,30-,31-,32-,33-,34-,35-,36-,37-,38-,39-,40-,41-,42-,43-/m1/s1. The fourth-order valence-corrected chi connectivity index (χ4v) is 10.6. The predicted molar refractivity (Wildman–Crippen MR) is 233 cm³/mol. The zero-order chi connectivity index (χ0) is 56.8. The summed E-state index contributed by atoms with van der Waals surface area (Å²) >= 11 is 0. The number of ether oxygens (including phenoxy) is 15. The minimum atomic E-state index is -2.20. The smallest absolute Gasteiger partial charge is 0.187 e. The monoisotopic (exact) mass is 1150 g/mol. The Hall–Kier alpha value is -1.40. The molecule has 35 heteroatoms. The van der Waals surface area contributed by atoms with Crippen LogP contribution in [0, 0.1) is 0 Å². The largest absolute Gasteiger partial charge is 0.394 e. The van der Waals surface area contributed by atoms with E-state index in [1.54, 1.807) is 0 Å². The average molecular weight is 1150 g/mol. The van der Waals surface area contributed by atoms with Crippen LogP contribution in [0.2, 0.25) is 0 Å². The molecule has 0 amide bonds. The molecule has 0 saturated carbocycles. The Labute approximate surface area is 441 Å². The highest BCUT2D eigenvalue weighted by Crippen LogP contribution is 2.39. The first kappa shape index (κ1) is 62.6. The van der Waals surface area contributed by atoms with Crippen LogP contribution < -0.4 is 0 Å². The third kappa shape index (κ3) is 12.3. The molecule has 78 heavy (non-hydrogen) atoms. The van der Waals surface area contributed by atoms with E-state index >= 15 is 0 Å². The van der Waals surface area contributed by atoms with Crippen LogP contribution in [-0.4, -0.2) is 370 Å². The summed E-state index contributed by atoms with van der Waals surface area (Å²) in [6.07, 6.45) is -69.2. The van der Waals surface area contributed by atoms with Crippen molar-refractivity contribution >= 4 is 0 Å². The van der Waals surface area contributed by atoms with Crippen LogP contribution in [-0.2, 0) is 71.1 Å². The van der Waals surface area contributed by atoms with Gasteiger partial charge in [-0.1, -0.05) is 0 Å². The highest BCUT2D eigenvalue weighted by atomic mass is 16.8. The molecule has 0 spiro atoms. The molecular formula is C43H72O35. The second-order valence-electron chi connectivity index (χ2n) is 19.9. The van der Waals surface area contributed by atoms with Crippen LogP contribution in [0.4, 0.5) is 0 Å². The van der Waals surface area contributed by atoms with Gasteiger partial charge in [0.05, 0.1) is 46.2 Å². The summed E-state index contributed by atoms with van der Waals surface area (Å²) in [5.74, 6) is 0. The molecule has 21 aliphatic rings. The van der Waals surface area contributed by atoms with Crippen molar-refractivity contribution in [3.63, 3.8) is 0 Å². The normalized spacial score (nSPS) is 54.8. The fourth-order valence-electron chi connectivity index (χ4n) is 10.6. The number of rotatable bonds is 8. The van der Waals surface area contributed by atoms with Gasteiger partial charge in [-0.3, -0.25) is 0 Å². The van der Waals surface area contributed by atoms with E-state index in [1.807, 2.05) is 0 Å².